The number of carbonyl (C=O) groups excluding carboxylic acids is 1. The molecule has 2 heterocycles. The number of guanidine groups is 1. The maximum Gasteiger partial charge on any atom is 0.407 e. The molecule has 0 aromatic carbocycles. The zero-order valence-corrected chi connectivity index (χ0v) is 18.6. The van der Waals surface area contributed by atoms with Crippen molar-refractivity contribution >= 4 is 47.4 Å². The number of aryl methyl sites for hydroxylation is 1. The highest BCUT2D eigenvalue weighted by molar-refractivity contribution is 14.0. The third-order valence-electron chi connectivity index (χ3n) is 3.49. The molecule has 142 valence electrons. The molecule has 25 heavy (non-hydrogen) atoms. The van der Waals surface area contributed by atoms with Gasteiger partial charge in [0, 0.05) is 31.2 Å². The lowest BCUT2D eigenvalue weighted by Crippen LogP contribution is -2.44. The van der Waals surface area contributed by atoms with Gasteiger partial charge in [-0.2, -0.15) is 0 Å². The number of hydrogen-bond donors (Lipinski definition) is 2. The molecule has 0 aliphatic carbocycles. The molecule has 0 spiro atoms. The van der Waals surface area contributed by atoms with Gasteiger partial charge in [0.15, 0.2) is 5.96 Å². The molecule has 1 unspecified atom stereocenters. The molecule has 2 N–H and O–H groups in total. The van der Waals surface area contributed by atoms with Gasteiger partial charge in [-0.1, -0.05) is 0 Å². The first-order valence-electron chi connectivity index (χ1n) is 8.13. The van der Waals surface area contributed by atoms with Crippen LogP contribution in [-0.4, -0.2) is 53.7 Å². The number of nitrogens with zero attached hydrogens (tertiary/aromatic N) is 3. The number of rotatable bonds is 3. The van der Waals surface area contributed by atoms with E-state index in [2.05, 4.69) is 25.5 Å². The molecule has 0 radical (unpaired) electrons. The molecule has 1 atom stereocenters. The monoisotopic (exact) mass is 481 g/mol. The van der Waals surface area contributed by atoms with Crippen molar-refractivity contribution in [3.63, 3.8) is 0 Å². The summed E-state index contributed by atoms with van der Waals surface area (Å²) in [5, 5.41) is 7.30. The number of amides is 1. The van der Waals surface area contributed by atoms with E-state index >= 15 is 0 Å². The zero-order chi connectivity index (χ0) is 17.7. The molecule has 7 nitrogen and oxygen atoms in total. The number of hydrogen-bond acceptors (Lipinski definition) is 5. The minimum absolute atomic E-state index is 0. The summed E-state index contributed by atoms with van der Waals surface area (Å²) in [6.07, 6.45) is 2.38. The van der Waals surface area contributed by atoms with Gasteiger partial charge in [0.2, 0.25) is 0 Å². The molecule has 0 bridgehead atoms. The van der Waals surface area contributed by atoms with Crippen molar-refractivity contribution in [3.8, 4) is 0 Å². The maximum absolute atomic E-state index is 11.9. The summed E-state index contributed by atoms with van der Waals surface area (Å²) < 4.78 is 5.31. The van der Waals surface area contributed by atoms with E-state index in [1.807, 2.05) is 33.9 Å². The summed E-state index contributed by atoms with van der Waals surface area (Å²) in [6, 6.07) is 0.0699. The largest absolute Gasteiger partial charge is 0.444 e. The predicted molar refractivity (Wildman–Crippen MR) is 112 cm³/mol. The summed E-state index contributed by atoms with van der Waals surface area (Å²) in [4.78, 5) is 23.9. The lowest BCUT2D eigenvalue weighted by molar-refractivity contribution is 0.0507. The van der Waals surface area contributed by atoms with Gasteiger partial charge in [-0.15, -0.1) is 35.3 Å². The van der Waals surface area contributed by atoms with Crippen molar-refractivity contribution in [3.05, 3.63) is 16.1 Å². The number of nitrogens with one attached hydrogen (secondary N) is 2. The quantitative estimate of drug-likeness (QED) is 0.395. The smallest absolute Gasteiger partial charge is 0.407 e. The van der Waals surface area contributed by atoms with Crippen LogP contribution in [0.2, 0.25) is 0 Å². The van der Waals surface area contributed by atoms with Crippen LogP contribution in [0, 0.1) is 6.92 Å². The fraction of sp³-hybridized carbons (Fsp3) is 0.688. The molecular weight excluding hydrogens is 453 g/mol. The topological polar surface area (TPSA) is 78.9 Å². The van der Waals surface area contributed by atoms with Gasteiger partial charge in [0.05, 0.1) is 12.6 Å². The van der Waals surface area contributed by atoms with Gasteiger partial charge in [-0.25, -0.2) is 9.78 Å². The summed E-state index contributed by atoms with van der Waals surface area (Å²) in [7, 11) is 1.77. The van der Waals surface area contributed by atoms with Gasteiger partial charge in [0.25, 0.3) is 0 Å². The first kappa shape index (κ1) is 21.9. The van der Waals surface area contributed by atoms with Gasteiger partial charge < -0.3 is 20.3 Å². The van der Waals surface area contributed by atoms with Crippen LogP contribution in [0.25, 0.3) is 0 Å². The lowest BCUT2D eigenvalue weighted by Gasteiger charge is -2.23. The van der Waals surface area contributed by atoms with Crippen LogP contribution in [0.15, 0.2) is 11.2 Å². The Labute approximate surface area is 170 Å². The van der Waals surface area contributed by atoms with E-state index in [4.69, 9.17) is 4.74 Å². The second kappa shape index (κ2) is 9.56. The summed E-state index contributed by atoms with van der Waals surface area (Å²) in [5.74, 6) is 0.830. The molecular formula is C16H28IN5O2S. The van der Waals surface area contributed by atoms with Crippen LogP contribution in [-0.2, 0) is 11.3 Å². The Morgan fingerprint density at radius 3 is 2.80 bits per heavy atom. The second-order valence-corrected chi connectivity index (χ2v) is 8.16. The number of thiazole rings is 1. The van der Waals surface area contributed by atoms with Crippen molar-refractivity contribution in [2.75, 3.05) is 20.1 Å². The predicted octanol–water partition coefficient (Wildman–Crippen LogP) is 2.74. The summed E-state index contributed by atoms with van der Waals surface area (Å²) in [6.45, 7) is 9.85. The van der Waals surface area contributed by atoms with E-state index in [0.717, 1.165) is 30.5 Å². The van der Waals surface area contributed by atoms with Crippen molar-refractivity contribution < 1.29 is 9.53 Å². The average molecular weight is 481 g/mol. The standard InChI is InChI=1S/C16H27N5O2S.HI/c1-11-8-18-13(24-11)9-19-14(17-5)21-7-6-12(10-21)20-15(22)23-16(2,3)4;/h8,12H,6-7,9-10H2,1-5H3,(H,17,19)(H,20,22);1H. The number of aromatic nitrogens is 1. The Morgan fingerprint density at radius 1 is 1.52 bits per heavy atom. The van der Waals surface area contributed by atoms with E-state index in [-0.39, 0.29) is 36.1 Å². The first-order chi connectivity index (χ1) is 11.3. The van der Waals surface area contributed by atoms with E-state index in [1.54, 1.807) is 18.4 Å². The number of aliphatic imine (C=N–C) groups is 1. The molecule has 1 aromatic rings. The molecule has 1 fully saturated rings. The number of likely N-dealkylation sites (tertiary alicyclic amines) is 1. The average Bonchev–Trinajstić information content (AvgIpc) is 3.07. The van der Waals surface area contributed by atoms with Crippen LogP contribution in [0.4, 0.5) is 4.79 Å². The van der Waals surface area contributed by atoms with Gasteiger partial charge in [-0.3, -0.25) is 4.99 Å². The fourth-order valence-corrected chi connectivity index (χ4v) is 3.24. The molecule has 2 rings (SSSR count). The van der Waals surface area contributed by atoms with E-state index in [1.165, 1.54) is 4.88 Å². The third kappa shape index (κ3) is 7.35. The zero-order valence-electron chi connectivity index (χ0n) is 15.5. The van der Waals surface area contributed by atoms with E-state index in [9.17, 15) is 4.79 Å². The Hall–Kier alpha value is -1.10. The van der Waals surface area contributed by atoms with Crippen LogP contribution < -0.4 is 10.6 Å². The van der Waals surface area contributed by atoms with Crippen molar-refractivity contribution in [1.82, 2.24) is 20.5 Å². The van der Waals surface area contributed by atoms with Crippen LogP contribution in [0.1, 0.15) is 37.1 Å². The highest BCUT2D eigenvalue weighted by Gasteiger charge is 2.27. The third-order valence-corrected chi connectivity index (χ3v) is 4.40. The number of halogens is 1. The van der Waals surface area contributed by atoms with E-state index < -0.39 is 5.60 Å². The second-order valence-electron chi connectivity index (χ2n) is 6.84. The minimum Gasteiger partial charge on any atom is -0.444 e. The van der Waals surface area contributed by atoms with E-state index in [0.29, 0.717) is 6.54 Å². The fourth-order valence-electron chi connectivity index (χ4n) is 2.51. The molecule has 1 aliphatic heterocycles. The van der Waals surface area contributed by atoms with Gasteiger partial charge >= 0.3 is 6.09 Å². The van der Waals surface area contributed by atoms with Crippen molar-refractivity contribution in [2.45, 2.75) is 52.3 Å². The molecule has 1 saturated heterocycles. The molecule has 1 amide bonds. The number of alkyl carbamates (subject to hydrolysis) is 1. The Kier molecular flexibility index (Phi) is 8.39. The van der Waals surface area contributed by atoms with Crippen LogP contribution in [0.3, 0.4) is 0 Å². The molecule has 0 saturated carbocycles. The molecule has 9 heteroatoms. The highest BCUT2D eigenvalue weighted by atomic mass is 127. The molecule has 1 aromatic heterocycles. The summed E-state index contributed by atoms with van der Waals surface area (Å²) >= 11 is 1.68. The maximum atomic E-state index is 11.9. The Morgan fingerprint density at radius 2 is 2.24 bits per heavy atom. The van der Waals surface area contributed by atoms with Crippen LogP contribution in [0.5, 0.6) is 0 Å². The Balaban J connectivity index is 0.00000312. The SMILES string of the molecule is CN=C(NCc1ncc(C)s1)N1CCC(NC(=O)OC(C)(C)C)C1.I. The minimum atomic E-state index is -0.480. The normalized spacial score (nSPS) is 17.9. The number of carbonyl (C=O) groups is 1. The van der Waals surface area contributed by atoms with Crippen LogP contribution >= 0.6 is 35.3 Å². The number of ether oxygens (including phenoxy) is 1. The lowest BCUT2D eigenvalue weighted by atomic mass is 10.2. The molecule has 1 aliphatic rings. The van der Waals surface area contributed by atoms with Crippen molar-refractivity contribution in [1.29, 1.82) is 0 Å². The van der Waals surface area contributed by atoms with Crippen molar-refractivity contribution in [2.24, 2.45) is 4.99 Å². The highest BCUT2D eigenvalue weighted by Crippen LogP contribution is 2.13. The first-order valence-corrected chi connectivity index (χ1v) is 8.95. The Bertz CT molecular complexity index is 600. The van der Waals surface area contributed by atoms with Gasteiger partial charge in [0.1, 0.15) is 10.6 Å². The van der Waals surface area contributed by atoms with Gasteiger partial charge in [-0.05, 0) is 34.1 Å². The summed E-state index contributed by atoms with van der Waals surface area (Å²) in [5.41, 5.74) is -0.480.